The van der Waals surface area contributed by atoms with E-state index in [-0.39, 0.29) is 11.7 Å². The molecule has 1 N–H and O–H groups in total. The number of fused-ring (bicyclic) bond motifs is 1. The minimum atomic E-state index is -0.114. The summed E-state index contributed by atoms with van der Waals surface area (Å²) in [6.07, 6.45) is 0. The van der Waals surface area contributed by atoms with Gasteiger partial charge in [-0.05, 0) is 48.9 Å². The number of oxazole rings is 1. The van der Waals surface area contributed by atoms with Gasteiger partial charge in [-0.15, -0.1) is 0 Å². The van der Waals surface area contributed by atoms with Gasteiger partial charge >= 0.3 is 0 Å². The maximum absolute atomic E-state index is 12.0. The number of benzene rings is 2. The molecule has 0 unspecified atom stereocenters. The minimum Gasteiger partial charge on any atom is -0.431 e. The molecule has 0 aliphatic rings. The highest BCUT2D eigenvalue weighted by atomic mass is 79.9. The van der Waals surface area contributed by atoms with Crippen molar-refractivity contribution in [3.63, 3.8) is 0 Å². The van der Waals surface area contributed by atoms with Crippen molar-refractivity contribution in [3.8, 4) is 0 Å². The Morgan fingerprint density at radius 2 is 2.17 bits per heavy atom. The van der Waals surface area contributed by atoms with Crippen molar-refractivity contribution in [3.05, 3.63) is 51.5 Å². The van der Waals surface area contributed by atoms with Crippen LogP contribution in [0.2, 0.25) is 5.02 Å². The molecule has 0 aliphatic heterocycles. The topological polar surface area (TPSA) is 55.1 Å². The monoisotopic (exact) mass is 410 g/mol. The quantitative estimate of drug-likeness (QED) is 0.593. The molecule has 118 valence electrons. The molecule has 1 heterocycles. The Morgan fingerprint density at radius 1 is 1.35 bits per heavy atom. The Kier molecular flexibility index (Phi) is 4.94. The number of carbonyl (C=O) groups is 1. The lowest BCUT2D eigenvalue weighted by Gasteiger charge is -2.06. The van der Waals surface area contributed by atoms with Gasteiger partial charge in [0.2, 0.25) is 5.91 Å². The van der Waals surface area contributed by atoms with Crippen LogP contribution < -0.4 is 5.32 Å². The molecule has 23 heavy (non-hydrogen) atoms. The van der Waals surface area contributed by atoms with Crippen molar-refractivity contribution >= 4 is 62.0 Å². The zero-order valence-corrected chi connectivity index (χ0v) is 15.3. The van der Waals surface area contributed by atoms with Gasteiger partial charge in [-0.25, -0.2) is 4.98 Å². The number of hydrogen-bond acceptors (Lipinski definition) is 4. The molecule has 1 amide bonds. The largest absolute Gasteiger partial charge is 0.431 e. The second-order valence-electron chi connectivity index (χ2n) is 4.89. The molecule has 0 aliphatic carbocycles. The van der Waals surface area contributed by atoms with E-state index in [1.807, 2.05) is 25.1 Å². The SMILES string of the molecule is Cc1cc(NC(=O)CSc2nc3cc(Cl)ccc3o2)ccc1Br. The van der Waals surface area contributed by atoms with Crippen molar-refractivity contribution < 1.29 is 9.21 Å². The lowest BCUT2D eigenvalue weighted by Crippen LogP contribution is -2.14. The standard InChI is InChI=1S/C16H12BrClN2O2S/c1-9-6-11(3-4-12(9)17)19-15(21)8-23-16-20-13-7-10(18)2-5-14(13)22-16/h2-7H,8H2,1H3,(H,19,21). The molecule has 0 spiro atoms. The number of nitrogens with one attached hydrogen (secondary N) is 1. The van der Waals surface area contributed by atoms with Crippen molar-refractivity contribution in [1.29, 1.82) is 0 Å². The summed E-state index contributed by atoms with van der Waals surface area (Å²) in [5.74, 6) is 0.104. The number of anilines is 1. The van der Waals surface area contributed by atoms with Gasteiger partial charge in [-0.3, -0.25) is 4.79 Å². The van der Waals surface area contributed by atoms with Crippen LogP contribution >= 0.6 is 39.3 Å². The average Bonchev–Trinajstić information content (AvgIpc) is 2.91. The van der Waals surface area contributed by atoms with Crippen LogP contribution in [0, 0.1) is 6.92 Å². The molecule has 0 atom stereocenters. The van der Waals surface area contributed by atoms with Gasteiger partial charge in [0.05, 0.1) is 5.75 Å². The van der Waals surface area contributed by atoms with Crippen LogP contribution in [0.1, 0.15) is 5.56 Å². The summed E-state index contributed by atoms with van der Waals surface area (Å²) in [6.45, 7) is 1.97. The Balaban J connectivity index is 1.62. The Labute approximate surface area is 150 Å². The molecule has 0 radical (unpaired) electrons. The van der Waals surface area contributed by atoms with Gasteiger partial charge in [0, 0.05) is 15.2 Å². The summed E-state index contributed by atoms with van der Waals surface area (Å²) in [5, 5.41) is 3.90. The number of aromatic nitrogens is 1. The number of halogens is 2. The number of nitrogens with zero attached hydrogens (tertiary/aromatic N) is 1. The maximum atomic E-state index is 12.0. The van der Waals surface area contributed by atoms with E-state index in [0.29, 0.717) is 21.3 Å². The van der Waals surface area contributed by atoms with Crippen LogP contribution in [0.15, 0.2) is 50.5 Å². The number of aryl methyl sites for hydroxylation is 1. The lowest BCUT2D eigenvalue weighted by atomic mass is 10.2. The third kappa shape index (κ3) is 4.07. The third-order valence-electron chi connectivity index (χ3n) is 3.10. The van der Waals surface area contributed by atoms with Crippen molar-refractivity contribution in [1.82, 2.24) is 4.98 Å². The fourth-order valence-corrected chi connectivity index (χ4v) is 3.04. The lowest BCUT2D eigenvalue weighted by molar-refractivity contribution is -0.113. The van der Waals surface area contributed by atoms with Gasteiger partial charge in [0.25, 0.3) is 5.22 Å². The number of thioether (sulfide) groups is 1. The highest BCUT2D eigenvalue weighted by molar-refractivity contribution is 9.10. The van der Waals surface area contributed by atoms with Crippen molar-refractivity contribution in [2.45, 2.75) is 12.1 Å². The molecule has 0 bridgehead atoms. The van der Waals surface area contributed by atoms with E-state index in [2.05, 4.69) is 26.2 Å². The maximum Gasteiger partial charge on any atom is 0.257 e. The van der Waals surface area contributed by atoms with Gasteiger partial charge in [0.1, 0.15) is 5.52 Å². The first-order valence-electron chi connectivity index (χ1n) is 6.76. The molecule has 3 rings (SSSR count). The molecule has 7 heteroatoms. The minimum absolute atomic E-state index is 0.114. The van der Waals surface area contributed by atoms with E-state index < -0.39 is 0 Å². The van der Waals surface area contributed by atoms with Gasteiger partial charge in [-0.2, -0.15) is 0 Å². The number of carbonyl (C=O) groups excluding carboxylic acids is 1. The predicted octanol–water partition coefficient (Wildman–Crippen LogP) is 5.28. The van der Waals surface area contributed by atoms with E-state index in [9.17, 15) is 4.79 Å². The van der Waals surface area contributed by atoms with Gasteiger partial charge in [0.15, 0.2) is 5.58 Å². The molecule has 3 aromatic rings. The number of amides is 1. The van der Waals surface area contributed by atoms with E-state index in [1.54, 1.807) is 18.2 Å². The fourth-order valence-electron chi connectivity index (χ4n) is 1.99. The van der Waals surface area contributed by atoms with Crippen LogP contribution in [0.4, 0.5) is 5.69 Å². The van der Waals surface area contributed by atoms with Crippen LogP contribution in [0.3, 0.4) is 0 Å². The van der Waals surface area contributed by atoms with E-state index >= 15 is 0 Å². The summed E-state index contributed by atoms with van der Waals surface area (Å²) in [5.41, 5.74) is 3.16. The number of rotatable bonds is 4. The molecular weight excluding hydrogens is 400 g/mol. The Morgan fingerprint density at radius 3 is 2.96 bits per heavy atom. The Hall–Kier alpha value is -1.50. The van der Waals surface area contributed by atoms with Crippen molar-refractivity contribution in [2.75, 3.05) is 11.1 Å². The first-order chi connectivity index (χ1) is 11.0. The average molecular weight is 412 g/mol. The smallest absolute Gasteiger partial charge is 0.257 e. The summed E-state index contributed by atoms with van der Waals surface area (Å²) < 4.78 is 6.57. The highest BCUT2D eigenvalue weighted by Crippen LogP contribution is 2.26. The summed E-state index contributed by atoms with van der Waals surface area (Å²) >= 11 is 10.6. The van der Waals surface area contributed by atoms with E-state index in [0.717, 1.165) is 15.7 Å². The van der Waals surface area contributed by atoms with Crippen molar-refractivity contribution in [2.24, 2.45) is 0 Å². The predicted molar refractivity (Wildman–Crippen MR) is 97.3 cm³/mol. The molecule has 2 aromatic carbocycles. The second-order valence-corrected chi connectivity index (χ2v) is 7.11. The van der Waals surface area contributed by atoms with Crippen LogP contribution in [-0.4, -0.2) is 16.6 Å². The highest BCUT2D eigenvalue weighted by Gasteiger charge is 2.10. The summed E-state index contributed by atoms with van der Waals surface area (Å²) in [6, 6.07) is 10.9. The van der Waals surface area contributed by atoms with Crippen LogP contribution in [-0.2, 0) is 4.79 Å². The molecule has 0 fully saturated rings. The summed E-state index contributed by atoms with van der Waals surface area (Å²) in [4.78, 5) is 16.3. The molecule has 4 nitrogen and oxygen atoms in total. The van der Waals surface area contributed by atoms with Gasteiger partial charge in [-0.1, -0.05) is 39.3 Å². The second kappa shape index (κ2) is 6.95. The zero-order valence-electron chi connectivity index (χ0n) is 12.1. The van der Waals surface area contributed by atoms with E-state index in [1.165, 1.54) is 11.8 Å². The number of hydrogen-bond donors (Lipinski definition) is 1. The van der Waals surface area contributed by atoms with Gasteiger partial charge < -0.3 is 9.73 Å². The zero-order chi connectivity index (χ0) is 16.4. The van der Waals surface area contributed by atoms with Crippen LogP contribution in [0.25, 0.3) is 11.1 Å². The van der Waals surface area contributed by atoms with E-state index in [4.69, 9.17) is 16.0 Å². The first kappa shape index (κ1) is 16.4. The first-order valence-corrected chi connectivity index (χ1v) is 8.92. The molecule has 1 aromatic heterocycles. The third-order valence-corrected chi connectivity index (χ3v) is 5.05. The fraction of sp³-hybridized carbons (Fsp3) is 0.125. The van der Waals surface area contributed by atoms with Crippen LogP contribution in [0.5, 0.6) is 0 Å². The molecule has 0 saturated carbocycles. The molecular formula is C16H12BrClN2O2S. The molecule has 0 saturated heterocycles. The normalized spacial score (nSPS) is 10.9. The summed E-state index contributed by atoms with van der Waals surface area (Å²) in [7, 11) is 0. The Bertz CT molecular complexity index is 882.